The molecule has 184 valence electrons. The second-order valence-corrected chi connectivity index (χ2v) is 9.97. The van der Waals surface area contributed by atoms with Gasteiger partial charge in [-0.15, -0.1) is 0 Å². The van der Waals surface area contributed by atoms with Gasteiger partial charge in [-0.1, -0.05) is 24.3 Å². The zero-order valence-electron chi connectivity index (χ0n) is 20.5. The topological polar surface area (TPSA) is 113 Å². The highest BCUT2D eigenvalue weighted by Gasteiger charge is 2.57. The number of β-lactam (4-membered cyclic amide) rings is 1. The van der Waals surface area contributed by atoms with Crippen molar-refractivity contribution >= 4 is 29.3 Å². The van der Waals surface area contributed by atoms with Gasteiger partial charge < -0.3 is 24.4 Å². The van der Waals surface area contributed by atoms with Crippen LogP contribution in [0.5, 0.6) is 0 Å². The summed E-state index contributed by atoms with van der Waals surface area (Å²) in [4.78, 5) is 52.5. The first-order valence-corrected chi connectivity index (χ1v) is 11.2. The number of carbonyl (C=O) groups excluding carboxylic acids is 4. The average molecular weight is 473 g/mol. The van der Waals surface area contributed by atoms with Gasteiger partial charge in [0.2, 0.25) is 18.6 Å². The van der Waals surface area contributed by atoms with Crippen LogP contribution in [0.3, 0.4) is 0 Å². The lowest BCUT2D eigenvalue weighted by Crippen LogP contribution is -2.61. The van der Waals surface area contributed by atoms with E-state index in [-0.39, 0.29) is 30.0 Å². The van der Waals surface area contributed by atoms with E-state index < -0.39 is 36.2 Å². The van der Waals surface area contributed by atoms with E-state index in [1.54, 1.807) is 66.1 Å². The molecule has 1 fully saturated rings. The van der Waals surface area contributed by atoms with Crippen molar-refractivity contribution in [2.45, 2.75) is 52.7 Å². The summed E-state index contributed by atoms with van der Waals surface area (Å²) in [6, 6.07) is 6.86. The molecule has 9 nitrogen and oxygen atoms in total. The Morgan fingerprint density at radius 3 is 2.29 bits per heavy atom. The van der Waals surface area contributed by atoms with E-state index in [9.17, 15) is 24.3 Å². The average Bonchev–Trinajstić information content (AvgIpc) is 3.08. The maximum Gasteiger partial charge on any atom is 0.358 e. The minimum Gasteiger partial charge on any atom is -0.427 e. The largest absolute Gasteiger partial charge is 0.427 e. The molecule has 0 aliphatic carbocycles. The second-order valence-electron chi connectivity index (χ2n) is 9.97. The van der Waals surface area contributed by atoms with Gasteiger partial charge in [0.25, 0.3) is 0 Å². The molecule has 0 unspecified atom stereocenters. The quantitative estimate of drug-likeness (QED) is 0.365. The van der Waals surface area contributed by atoms with Crippen molar-refractivity contribution < 1.29 is 33.8 Å². The molecular formula is C25H32N2O7. The molecule has 1 aromatic rings. The van der Waals surface area contributed by atoms with Gasteiger partial charge in [-0.05, 0) is 50.8 Å². The van der Waals surface area contributed by atoms with Crippen LogP contribution in [-0.2, 0) is 35.1 Å². The van der Waals surface area contributed by atoms with Gasteiger partial charge in [-0.25, -0.2) is 4.79 Å². The third kappa shape index (κ3) is 4.99. The minimum atomic E-state index is -0.850. The molecular weight excluding hydrogens is 440 g/mol. The molecule has 3 atom stereocenters. The van der Waals surface area contributed by atoms with Gasteiger partial charge in [-0.2, -0.15) is 0 Å². The highest BCUT2D eigenvalue weighted by atomic mass is 16.7. The number of aliphatic hydroxyl groups is 1. The normalized spacial score (nSPS) is 20.4. The van der Waals surface area contributed by atoms with Gasteiger partial charge in [-0.3, -0.25) is 14.4 Å². The Bertz CT molecular complexity index is 1020. The van der Waals surface area contributed by atoms with E-state index in [0.29, 0.717) is 17.6 Å². The van der Waals surface area contributed by atoms with Crippen LogP contribution in [0.25, 0.3) is 5.57 Å². The summed E-state index contributed by atoms with van der Waals surface area (Å²) in [5, 5.41) is 10.0. The molecule has 0 aromatic heterocycles. The van der Waals surface area contributed by atoms with Crippen LogP contribution in [0.1, 0.15) is 45.2 Å². The molecule has 1 N–H and O–H groups in total. The van der Waals surface area contributed by atoms with Crippen molar-refractivity contribution in [3.05, 3.63) is 41.1 Å². The van der Waals surface area contributed by atoms with Crippen LogP contribution in [0, 0.1) is 11.3 Å². The van der Waals surface area contributed by atoms with Crippen molar-refractivity contribution in [2.75, 3.05) is 20.9 Å². The SMILES string of the molecule is C[C@@H](O)[C@H]1C(=O)N2C(C(=O)OCOC(=O)C(C)(C)C)=C(c3ccc(CC(=O)N(C)C)cc3)C[C@H]12. The van der Waals surface area contributed by atoms with E-state index in [2.05, 4.69) is 0 Å². The summed E-state index contributed by atoms with van der Waals surface area (Å²) >= 11 is 0. The molecule has 1 saturated heterocycles. The molecule has 3 rings (SSSR count). The van der Waals surface area contributed by atoms with E-state index >= 15 is 0 Å². The number of benzene rings is 1. The number of ether oxygens (including phenoxy) is 2. The lowest BCUT2D eigenvalue weighted by molar-refractivity contribution is -0.175. The van der Waals surface area contributed by atoms with E-state index in [1.807, 2.05) is 0 Å². The highest BCUT2D eigenvalue weighted by molar-refractivity contribution is 6.06. The molecule has 0 saturated carbocycles. The Labute approximate surface area is 199 Å². The molecule has 0 radical (unpaired) electrons. The third-order valence-corrected chi connectivity index (χ3v) is 6.07. The molecule has 2 aliphatic rings. The highest BCUT2D eigenvalue weighted by Crippen LogP contribution is 2.47. The summed E-state index contributed by atoms with van der Waals surface area (Å²) in [6.07, 6.45) is -0.223. The maximum absolute atomic E-state index is 13.0. The number of rotatable bonds is 7. The molecule has 2 amide bonds. The maximum atomic E-state index is 13.0. The molecule has 0 bridgehead atoms. The summed E-state index contributed by atoms with van der Waals surface area (Å²) in [6.45, 7) is 6.04. The monoisotopic (exact) mass is 472 g/mol. The van der Waals surface area contributed by atoms with Gasteiger partial charge >= 0.3 is 11.9 Å². The van der Waals surface area contributed by atoms with Crippen LogP contribution < -0.4 is 0 Å². The van der Waals surface area contributed by atoms with Gasteiger partial charge in [0.05, 0.1) is 29.9 Å². The summed E-state index contributed by atoms with van der Waals surface area (Å²) in [5.41, 5.74) is 1.49. The van der Waals surface area contributed by atoms with Gasteiger partial charge in [0.15, 0.2) is 0 Å². The molecule has 34 heavy (non-hydrogen) atoms. The molecule has 2 heterocycles. The fourth-order valence-electron chi connectivity index (χ4n) is 4.09. The van der Waals surface area contributed by atoms with Crippen LogP contribution >= 0.6 is 0 Å². The first kappa shape index (κ1) is 25.4. The standard InChI is InChI=1S/C25H32N2O7/c1-14(28)20-18-12-17(16-9-7-15(8-10-16)11-19(29)26(5)6)21(27(18)22(20)30)23(31)33-13-34-24(32)25(2,3)4/h7-10,14,18,20,28H,11-13H2,1-6H3/t14-,18-,20-/m1/s1. The van der Waals surface area contributed by atoms with Gasteiger partial charge in [0.1, 0.15) is 5.70 Å². The number of likely N-dealkylation sites (N-methyl/N-ethyl adjacent to an activating group) is 1. The Morgan fingerprint density at radius 2 is 1.76 bits per heavy atom. The molecule has 0 spiro atoms. The number of fused-ring (bicyclic) bond motifs is 1. The molecule has 1 aromatic carbocycles. The van der Waals surface area contributed by atoms with Crippen molar-refractivity contribution in [2.24, 2.45) is 11.3 Å². The Kier molecular flexibility index (Phi) is 7.16. The number of amides is 2. The van der Waals surface area contributed by atoms with E-state index in [0.717, 1.165) is 5.56 Å². The number of hydrogen-bond acceptors (Lipinski definition) is 7. The fourth-order valence-corrected chi connectivity index (χ4v) is 4.09. The second kappa shape index (κ2) is 9.58. The predicted octanol–water partition coefficient (Wildman–Crippen LogP) is 1.73. The van der Waals surface area contributed by atoms with Crippen molar-refractivity contribution in [1.82, 2.24) is 9.80 Å². The summed E-state index contributed by atoms with van der Waals surface area (Å²) < 4.78 is 10.2. The van der Waals surface area contributed by atoms with E-state index in [4.69, 9.17) is 9.47 Å². The van der Waals surface area contributed by atoms with Gasteiger partial charge in [0, 0.05) is 14.1 Å². The number of hydrogen-bond donors (Lipinski definition) is 1. The number of carbonyl (C=O) groups is 4. The lowest BCUT2D eigenvalue weighted by Gasteiger charge is -2.44. The number of esters is 2. The van der Waals surface area contributed by atoms with Crippen LogP contribution in [-0.4, -0.2) is 71.7 Å². The number of aliphatic hydroxyl groups excluding tert-OH is 1. The van der Waals surface area contributed by atoms with Crippen molar-refractivity contribution in [3.63, 3.8) is 0 Å². The van der Waals surface area contributed by atoms with Crippen molar-refractivity contribution in [1.29, 1.82) is 0 Å². The summed E-state index contributed by atoms with van der Waals surface area (Å²) in [7, 11) is 3.38. The zero-order valence-corrected chi connectivity index (χ0v) is 20.5. The summed E-state index contributed by atoms with van der Waals surface area (Å²) in [5.74, 6) is -2.27. The third-order valence-electron chi connectivity index (χ3n) is 6.07. The molecule has 2 aliphatic heterocycles. The molecule has 9 heteroatoms. The Hall–Kier alpha value is -3.20. The fraction of sp³-hybridized carbons (Fsp3) is 0.520. The van der Waals surface area contributed by atoms with E-state index in [1.165, 1.54) is 9.80 Å². The van der Waals surface area contributed by atoms with Crippen LogP contribution in [0.4, 0.5) is 0 Å². The lowest BCUT2D eigenvalue weighted by atomic mass is 9.82. The Morgan fingerprint density at radius 1 is 1.15 bits per heavy atom. The van der Waals surface area contributed by atoms with Crippen LogP contribution in [0.2, 0.25) is 0 Å². The number of nitrogens with zero attached hydrogens (tertiary/aromatic N) is 2. The predicted molar refractivity (Wildman–Crippen MR) is 123 cm³/mol. The van der Waals surface area contributed by atoms with Crippen molar-refractivity contribution in [3.8, 4) is 0 Å². The van der Waals surface area contributed by atoms with Crippen LogP contribution in [0.15, 0.2) is 30.0 Å². The first-order chi connectivity index (χ1) is 15.8. The minimum absolute atomic E-state index is 0.0311. The zero-order chi connectivity index (χ0) is 25.4. The smallest absolute Gasteiger partial charge is 0.358 e. The first-order valence-electron chi connectivity index (χ1n) is 11.2. The Balaban J connectivity index is 1.84.